The van der Waals surface area contributed by atoms with Gasteiger partial charge in [0.05, 0.1) is 11.1 Å². The SMILES string of the molecule is O=C(NCC1CCCN(C(=O)c2sccc2Cl)C1)C1CCCN1. The summed E-state index contributed by atoms with van der Waals surface area (Å²) in [5.74, 6) is 0.419. The molecule has 2 saturated heterocycles. The first kappa shape index (κ1) is 16.7. The summed E-state index contributed by atoms with van der Waals surface area (Å²) < 4.78 is 0. The number of nitrogens with one attached hydrogen (secondary N) is 2. The zero-order valence-electron chi connectivity index (χ0n) is 13.0. The molecule has 2 unspecified atom stereocenters. The van der Waals surface area contributed by atoms with Crippen molar-refractivity contribution in [2.75, 3.05) is 26.2 Å². The predicted octanol–water partition coefficient (Wildman–Crippen LogP) is 2.12. The summed E-state index contributed by atoms with van der Waals surface area (Å²) in [7, 11) is 0. The second-order valence-corrected chi connectivity index (χ2v) is 7.57. The number of carbonyl (C=O) groups is 2. The average Bonchev–Trinajstić information content (AvgIpc) is 3.23. The molecule has 0 bridgehead atoms. The highest BCUT2D eigenvalue weighted by Crippen LogP contribution is 2.26. The number of piperidine rings is 1. The van der Waals surface area contributed by atoms with E-state index in [1.54, 1.807) is 6.07 Å². The minimum Gasteiger partial charge on any atom is -0.354 e. The van der Waals surface area contributed by atoms with Crippen LogP contribution in [-0.2, 0) is 4.79 Å². The molecule has 0 aliphatic carbocycles. The second-order valence-electron chi connectivity index (χ2n) is 6.25. The van der Waals surface area contributed by atoms with E-state index in [1.807, 2.05) is 10.3 Å². The largest absolute Gasteiger partial charge is 0.354 e. The van der Waals surface area contributed by atoms with E-state index in [9.17, 15) is 9.59 Å². The Kier molecular flexibility index (Phi) is 5.56. The summed E-state index contributed by atoms with van der Waals surface area (Å²) in [4.78, 5) is 27.1. The molecule has 2 fully saturated rings. The summed E-state index contributed by atoms with van der Waals surface area (Å²) in [6.07, 6.45) is 3.99. The monoisotopic (exact) mass is 355 g/mol. The van der Waals surface area contributed by atoms with Gasteiger partial charge in [0, 0.05) is 19.6 Å². The van der Waals surface area contributed by atoms with Crippen LogP contribution >= 0.6 is 22.9 Å². The van der Waals surface area contributed by atoms with Crippen molar-refractivity contribution in [1.82, 2.24) is 15.5 Å². The quantitative estimate of drug-likeness (QED) is 0.869. The molecule has 1 aromatic heterocycles. The molecule has 2 N–H and O–H groups in total. The van der Waals surface area contributed by atoms with Gasteiger partial charge >= 0.3 is 0 Å². The van der Waals surface area contributed by atoms with Crippen molar-refractivity contribution in [3.8, 4) is 0 Å². The maximum atomic E-state index is 12.5. The Morgan fingerprint density at radius 2 is 2.26 bits per heavy atom. The molecule has 1 aromatic rings. The van der Waals surface area contributed by atoms with Crippen molar-refractivity contribution >= 4 is 34.8 Å². The summed E-state index contributed by atoms with van der Waals surface area (Å²) in [6.45, 7) is 3.01. The normalized spacial score (nSPS) is 24.7. The molecular weight excluding hydrogens is 334 g/mol. The first-order valence-corrected chi connectivity index (χ1v) is 9.44. The Balaban J connectivity index is 1.51. The van der Waals surface area contributed by atoms with E-state index in [1.165, 1.54) is 11.3 Å². The third-order valence-electron chi connectivity index (χ3n) is 4.56. The standard InChI is InChI=1S/C16H22ClN3O2S/c17-12-5-8-23-14(12)16(22)20-7-2-3-11(10-20)9-19-15(21)13-4-1-6-18-13/h5,8,11,13,18H,1-4,6-7,9-10H2,(H,19,21). The number of carbonyl (C=O) groups excluding carboxylic acids is 2. The minimum atomic E-state index is -0.0405. The van der Waals surface area contributed by atoms with Crippen LogP contribution in [0, 0.1) is 5.92 Å². The van der Waals surface area contributed by atoms with Gasteiger partial charge < -0.3 is 15.5 Å². The summed E-state index contributed by atoms with van der Waals surface area (Å²) in [6, 6.07) is 1.72. The zero-order valence-corrected chi connectivity index (χ0v) is 14.6. The van der Waals surface area contributed by atoms with Crippen LogP contribution in [0.5, 0.6) is 0 Å². The smallest absolute Gasteiger partial charge is 0.265 e. The molecule has 3 heterocycles. The first-order valence-electron chi connectivity index (χ1n) is 8.18. The summed E-state index contributed by atoms with van der Waals surface area (Å²) >= 11 is 7.45. The Morgan fingerprint density at radius 1 is 1.39 bits per heavy atom. The van der Waals surface area contributed by atoms with Crippen LogP contribution in [0.1, 0.15) is 35.4 Å². The summed E-state index contributed by atoms with van der Waals surface area (Å²) in [5, 5.41) is 8.61. The van der Waals surface area contributed by atoms with Crippen LogP contribution in [0.25, 0.3) is 0 Å². The number of amides is 2. The lowest BCUT2D eigenvalue weighted by Crippen LogP contribution is -2.46. The van der Waals surface area contributed by atoms with Crippen LogP contribution in [0.4, 0.5) is 0 Å². The van der Waals surface area contributed by atoms with E-state index in [4.69, 9.17) is 11.6 Å². The van der Waals surface area contributed by atoms with Crippen molar-refractivity contribution < 1.29 is 9.59 Å². The van der Waals surface area contributed by atoms with Gasteiger partial charge in [0.15, 0.2) is 0 Å². The fourth-order valence-corrected chi connectivity index (χ4v) is 4.39. The lowest BCUT2D eigenvalue weighted by atomic mass is 9.97. The molecule has 0 radical (unpaired) electrons. The van der Waals surface area contributed by atoms with E-state index in [-0.39, 0.29) is 17.9 Å². The molecule has 126 valence electrons. The van der Waals surface area contributed by atoms with Gasteiger partial charge in [-0.1, -0.05) is 11.6 Å². The van der Waals surface area contributed by atoms with Crippen LogP contribution in [0.3, 0.4) is 0 Å². The van der Waals surface area contributed by atoms with Crippen LogP contribution in [0.2, 0.25) is 5.02 Å². The van der Waals surface area contributed by atoms with Crippen molar-refractivity contribution in [2.45, 2.75) is 31.7 Å². The molecule has 0 spiro atoms. The van der Waals surface area contributed by atoms with Gasteiger partial charge in [-0.25, -0.2) is 0 Å². The Labute approximate surface area is 145 Å². The third kappa shape index (κ3) is 4.05. The first-order chi connectivity index (χ1) is 11.1. The lowest BCUT2D eigenvalue weighted by Gasteiger charge is -2.33. The Bertz CT molecular complexity index is 571. The number of halogens is 1. The number of rotatable bonds is 4. The van der Waals surface area contributed by atoms with Gasteiger partial charge in [0.1, 0.15) is 4.88 Å². The Hall–Kier alpha value is -1.11. The molecule has 0 saturated carbocycles. The third-order valence-corrected chi connectivity index (χ3v) is 5.89. The van der Waals surface area contributed by atoms with E-state index in [2.05, 4.69) is 10.6 Å². The minimum absolute atomic E-state index is 0.0125. The topological polar surface area (TPSA) is 61.4 Å². The highest BCUT2D eigenvalue weighted by molar-refractivity contribution is 7.12. The van der Waals surface area contributed by atoms with E-state index >= 15 is 0 Å². The van der Waals surface area contributed by atoms with E-state index in [0.29, 0.717) is 28.9 Å². The van der Waals surface area contributed by atoms with E-state index in [0.717, 1.165) is 38.8 Å². The predicted molar refractivity (Wildman–Crippen MR) is 92.0 cm³/mol. The van der Waals surface area contributed by atoms with Crippen molar-refractivity contribution in [2.24, 2.45) is 5.92 Å². The van der Waals surface area contributed by atoms with Gasteiger partial charge in [0.2, 0.25) is 5.91 Å². The van der Waals surface area contributed by atoms with Crippen molar-refractivity contribution in [1.29, 1.82) is 0 Å². The van der Waals surface area contributed by atoms with Gasteiger partial charge in [-0.3, -0.25) is 9.59 Å². The molecule has 0 aromatic carbocycles. The summed E-state index contributed by atoms with van der Waals surface area (Å²) in [5.41, 5.74) is 0. The molecule has 2 amide bonds. The molecule has 3 rings (SSSR count). The fraction of sp³-hybridized carbons (Fsp3) is 0.625. The maximum Gasteiger partial charge on any atom is 0.265 e. The molecule has 23 heavy (non-hydrogen) atoms. The van der Waals surface area contributed by atoms with Crippen LogP contribution in [-0.4, -0.2) is 48.9 Å². The van der Waals surface area contributed by atoms with Crippen LogP contribution < -0.4 is 10.6 Å². The highest BCUT2D eigenvalue weighted by atomic mass is 35.5. The van der Waals surface area contributed by atoms with Gasteiger partial charge in [-0.2, -0.15) is 0 Å². The van der Waals surface area contributed by atoms with Gasteiger partial charge in [-0.15, -0.1) is 11.3 Å². The molecule has 2 atom stereocenters. The van der Waals surface area contributed by atoms with E-state index < -0.39 is 0 Å². The number of nitrogens with zero attached hydrogens (tertiary/aromatic N) is 1. The van der Waals surface area contributed by atoms with Gasteiger partial charge in [-0.05, 0) is 49.6 Å². The van der Waals surface area contributed by atoms with Crippen LogP contribution in [0.15, 0.2) is 11.4 Å². The van der Waals surface area contributed by atoms with Gasteiger partial charge in [0.25, 0.3) is 5.91 Å². The number of likely N-dealkylation sites (tertiary alicyclic amines) is 1. The second kappa shape index (κ2) is 7.64. The maximum absolute atomic E-state index is 12.5. The fourth-order valence-electron chi connectivity index (χ4n) is 3.28. The molecular formula is C16H22ClN3O2S. The highest BCUT2D eigenvalue weighted by Gasteiger charge is 2.28. The average molecular weight is 356 g/mol. The number of hydrogen-bond donors (Lipinski definition) is 2. The lowest BCUT2D eigenvalue weighted by molar-refractivity contribution is -0.123. The van der Waals surface area contributed by atoms with Crippen molar-refractivity contribution in [3.63, 3.8) is 0 Å². The number of thiophene rings is 1. The Morgan fingerprint density at radius 3 is 2.96 bits per heavy atom. The number of hydrogen-bond acceptors (Lipinski definition) is 4. The molecule has 2 aliphatic rings. The molecule has 7 heteroatoms. The molecule has 2 aliphatic heterocycles. The zero-order chi connectivity index (χ0) is 16.2. The van der Waals surface area contributed by atoms with Crippen molar-refractivity contribution in [3.05, 3.63) is 21.3 Å². The molecule has 5 nitrogen and oxygen atoms in total.